The highest BCUT2D eigenvalue weighted by molar-refractivity contribution is 5.91. The first-order chi connectivity index (χ1) is 12.0. The first kappa shape index (κ1) is 19.7. The molecule has 2 heterocycles. The van der Waals surface area contributed by atoms with Crippen molar-refractivity contribution < 1.29 is 24.2 Å². The van der Waals surface area contributed by atoms with Crippen molar-refractivity contribution in [3.8, 4) is 0 Å². The maximum atomic E-state index is 12.3. The lowest BCUT2D eigenvalue weighted by Crippen LogP contribution is -2.44. The third kappa shape index (κ3) is 5.97. The fraction of sp³-hybridized carbons (Fsp3) is 0.824. The van der Waals surface area contributed by atoms with Gasteiger partial charge in [0.2, 0.25) is 11.8 Å². The van der Waals surface area contributed by atoms with Gasteiger partial charge in [-0.1, -0.05) is 19.8 Å². The van der Waals surface area contributed by atoms with Gasteiger partial charge in [0.15, 0.2) is 0 Å². The normalized spacial score (nSPS) is 22.8. The quantitative estimate of drug-likeness (QED) is 0.601. The Labute approximate surface area is 148 Å². The molecule has 0 aromatic heterocycles. The van der Waals surface area contributed by atoms with Crippen molar-refractivity contribution in [2.45, 2.75) is 38.6 Å². The van der Waals surface area contributed by atoms with E-state index in [2.05, 4.69) is 10.2 Å². The van der Waals surface area contributed by atoms with E-state index < -0.39 is 17.9 Å². The molecular formula is C17H29N3O5. The van der Waals surface area contributed by atoms with E-state index in [1.165, 1.54) is 0 Å². The lowest BCUT2D eigenvalue weighted by molar-refractivity contribution is -0.142. The second-order valence-corrected chi connectivity index (χ2v) is 6.74. The molecule has 0 radical (unpaired) electrons. The summed E-state index contributed by atoms with van der Waals surface area (Å²) >= 11 is 0. The molecule has 2 amide bonds. The predicted octanol–water partition coefficient (Wildman–Crippen LogP) is -0.0733. The van der Waals surface area contributed by atoms with Gasteiger partial charge in [-0.3, -0.25) is 14.5 Å². The van der Waals surface area contributed by atoms with Crippen molar-refractivity contribution in [1.29, 1.82) is 0 Å². The summed E-state index contributed by atoms with van der Waals surface area (Å²) in [6, 6.07) is -0.870. The minimum absolute atomic E-state index is 0.0335. The van der Waals surface area contributed by atoms with Crippen LogP contribution in [0.1, 0.15) is 32.6 Å². The Morgan fingerprint density at radius 3 is 2.68 bits per heavy atom. The molecule has 2 rings (SSSR count). The van der Waals surface area contributed by atoms with Crippen LogP contribution in [0.25, 0.3) is 0 Å². The van der Waals surface area contributed by atoms with Crippen LogP contribution in [0.15, 0.2) is 0 Å². The molecule has 0 aromatic carbocycles. The van der Waals surface area contributed by atoms with Gasteiger partial charge in [-0.05, 0) is 6.42 Å². The predicted molar refractivity (Wildman–Crippen MR) is 91.0 cm³/mol. The van der Waals surface area contributed by atoms with Crippen molar-refractivity contribution >= 4 is 17.8 Å². The number of carbonyl (C=O) groups is 3. The molecule has 0 aliphatic carbocycles. The van der Waals surface area contributed by atoms with E-state index >= 15 is 0 Å². The average Bonchev–Trinajstić information content (AvgIpc) is 2.98. The second kappa shape index (κ2) is 9.72. The minimum Gasteiger partial charge on any atom is -0.480 e. The summed E-state index contributed by atoms with van der Waals surface area (Å²) in [4.78, 5) is 39.7. The molecule has 2 fully saturated rings. The number of likely N-dealkylation sites (tertiary alicyclic amines) is 1. The van der Waals surface area contributed by atoms with Gasteiger partial charge in [-0.15, -0.1) is 0 Å². The Bertz CT molecular complexity index is 479. The first-order valence-electron chi connectivity index (χ1n) is 9.12. The number of nitrogens with zero attached hydrogens (tertiary/aromatic N) is 2. The van der Waals surface area contributed by atoms with Crippen LogP contribution in [0.4, 0.5) is 0 Å². The lowest BCUT2D eigenvalue weighted by Gasteiger charge is -2.28. The van der Waals surface area contributed by atoms with Crippen LogP contribution in [0.2, 0.25) is 0 Å². The molecule has 2 saturated heterocycles. The Hall–Kier alpha value is -1.67. The van der Waals surface area contributed by atoms with Crippen LogP contribution in [0.5, 0.6) is 0 Å². The zero-order valence-corrected chi connectivity index (χ0v) is 14.9. The number of amides is 2. The Balaban J connectivity index is 1.79. The van der Waals surface area contributed by atoms with Gasteiger partial charge in [0.25, 0.3) is 0 Å². The summed E-state index contributed by atoms with van der Waals surface area (Å²) in [6.45, 7) is 6.88. The van der Waals surface area contributed by atoms with Crippen molar-refractivity contribution in [2.24, 2.45) is 5.92 Å². The highest BCUT2D eigenvalue weighted by Gasteiger charge is 2.35. The monoisotopic (exact) mass is 355 g/mol. The van der Waals surface area contributed by atoms with Gasteiger partial charge in [0, 0.05) is 39.1 Å². The molecule has 8 heteroatoms. The number of hydrogen-bond donors (Lipinski definition) is 2. The van der Waals surface area contributed by atoms with Crippen molar-refractivity contribution in [1.82, 2.24) is 15.1 Å². The van der Waals surface area contributed by atoms with Gasteiger partial charge >= 0.3 is 5.97 Å². The number of rotatable bonds is 9. The summed E-state index contributed by atoms with van der Waals surface area (Å²) in [6.07, 6.45) is 2.19. The summed E-state index contributed by atoms with van der Waals surface area (Å²) in [7, 11) is 0. The summed E-state index contributed by atoms with van der Waals surface area (Å²) in [5.41, 5.74) is 0. The van der Waals surface area contributed by atoms with E-state index in [0.717, 1.165) is 32.5 Å². The molecular weight excluding hydrogens is 326 g/mol. The third-order valence-electron chi connectivity index (χ3n) is 4.84. The lowest BCUT2D eigenvalue weighted by atomic mass is 10.1. The highest BCUT2D eigenvalue weighted by Crippen LogP contribution is 2.18. The van der Waals surface area contributed by atoms with Crippen LogP contribution < -0.4 is 5.32 Å². The molecule has 2 N–H and O–H groups in total. The van der Waals surface area contributed by atoms with Crippen LogP contribution >= 0.6 is 0 Å². The molecule has 25 heavy (non-hydrogen) atoms. The number of carboxylic acids is 1. The van der Waals surface area contributed by atoms with E-state index in [4.69, 9.17) is 4.74 Å². The molecule has 2 aliphatic rings. The largest absolute Gasteiger partial charge is 0.480 e. The van der Waals surface area contributed by atoms with Crippen LogP contribution in [-0.2, 0) is 19.1 Å². The number of carboxylic acid groups (broad SMARTS) is 1. The maximum absolute atomic E-state index is 12.3. The van der Waals surface area contributed by atoms with E-state index in [0.29, 0.717) is 32.7 Å². The molecule has 2 aliphatic heterocycles. The van der Waals surface area contributed by atoms with Gasteiger partial charge < -0.3 is 20.1 Å². The zero-order chi connectivity index (χ0) is 18.2. The Morgan fingerprint density at radius 2 is 2.04 bits per heavy atom. The number of ether oxygens (including phenoxy) is 1. The molecule has 2 atom stereocenters. The first-order valence-corrected chi connectivity index (χ1v) is 9.12. The van der Waals surface area contributed by atoms with Crippen LogP contribution in [-0.4, -0.2) is 84.7 Å². The fourth-order valence-electron chi connectivity index (χ4n) is 3.21. The topological polar surface area (TPSA) is 99.2 Å². The summed E-state index contributed by atoms with van der Waals surface area (Å²) in [5, 5.41) is 11.8. The SMILES string of the molecule is CCCCC(NC(=O)C1CC(=O)N(CCN2CCOCC2)C1)C(=O)O. The molecule has 0 spiro atoms. The molecule has 142 valence electrons. The van der Waals surface area contributed by atoms with E-state index in [9.17, 15) is 19.5 Å². The Morgan fingerprint density at radius 1 is 1.32 bits per heavy atom. The minimum atomic E-state index is -1.02. The van der Waals surface area contributed by atoms with Gasteiger partial charge in [-0.2, -0.15) is 0 Å². The van der Waals surface area contributed by atoms with Crippen LogP contribution in [0, 0.1) is 5.92 Å². The summed E-state index contributed by atoms with van der Waals surface area (Å²) in [5.74, 6) is -1.84. The van der Waals surface area contributed by atoms with Crippen molar-refractivity contribution in [2.75, 3.05) is 45.9 Å². The number of morpholine rings is 1. The van der Waals surface area contributed by atoms with Gasteiger partial charge in [-0.25, -0.2) is 4.79 Å². The van der Waals surface area contributed by atoms with E-state index in [1.54, 1.807) is 4.90 Å². The van der Waals surface area contributed by atoms with E-state index in [-0.39, 0.29) is 18.2 Å². The zero-order valence-electron chi connectivity index (χ0n) is 14.9. The average molecular weight is 355 g/mol. The smallest absolute Gasteiger partial charge is 0.326 e. The van der Waals surface area contributed by atoms with Gasteiger partial charge in [0.1, 0.15) is 6.04 Å². The maximum Gasteiger partial charge on any atom is 0.326 e. The highest BCUT2D eigenvalue weighted by atomic mass is 16.5. The summed E-state index contributed by atoms with van der Waals surface area (Å²) < 4.78 is 5.30. The van der Waals surface area contributed by atoms with Crippen molar-refractivity contribution in [3.63, 3.8) is 0 Å². The number of aliphatic carboxylic acids is 1. The van der Waals surface area contributed by atoms with Crippen LogP contribution in [0.3, 0.4) is 0 Å². The molecule has 0 saturated carbocycles. The standard InChI is InChI=1S/C17H29N3O5/c1-2-3-4-14(17(23)24)18-16(22)13-11-15(21)20(12-13)6-5-19-7-9-25-10-8-19/h13-14H,2-12H2,1H3,(H,18,22)(H,23,24). The fourth-order valence-corrected chi connectivity index (χ4v) is 3.21. The second-order valence-electron chi connectivity index (χ2n) is 6.74. The number of nitrogens with one attached hydrogen (secondary N) is 1. The number of carbonyl (C=O) groups excluding carboxylic acids is 2. The molecule has 8 nitrogen and oxygen atoms in total. The van der Waals surface area contributed by atoms with Gasteiger partial charge in [0.05, 0.1) is 19.1 Å². The number of hydrogen-bond acceptors (Lipinski definition) is 5. The van der Waals surface area contributed by atoms with Crippen molar-refractivity contribution in [3.05, 3.63) is 0 Å². The number of unbranched alkanes of at least 4 members (excludes halogenated alkanes) is 1. The molecule has 0 aromatic rings. The Kier molecular flexibility index (Phi) is 7.64. The van der Waals surface area contributed by atoms with E-state index in [1.807, 2.05) is 6.92 Å². The third-order valence-corrected chi connectivity index (χ3v) is 4.84. The molecule has 2 unspecified atom stereocenters. The molecule has 0 bridgehead atoms.